The predicted molar refractivity (Wildman–Crippen MR) is 211 cm³/mol. The zero-order valence-corrected chi connectivity index (χ0v) is 27.6. The Bertz CT molecular complexity index is 2850. The molecule has 0 atom stereocenters. The number of rotatable bonds is 6. The van der Waals surface area contributed by atoms with Gasteiger partial charge in [-0.05, 0) is 83.9 Å². The van der Waals surface area contributed by atoms with Gasteiger partial charge in [-0.2, -0.15) is 0 Å². The summed E-state index contributed by atoms with van der Waals surface area (Å²) in [5, 5.41) is 4.58. The van der Waals surface area contributed by atoms with Crippen molar-refractivity contribution in [2.24, 2.45) is 0 Å². The van der Waals surface area contributed by atoms with E-state index >= 15 is 0 Å². The van der Waals surface area contributed by atoms with Gasteiger partial charge in [-0.3, -0.25) is 0 Å². The van der Waals surface area contributed by atoms with Crippen LogP contribution in [0.15, 0.2) is 192 Å². The smallest absolute Gasteiger partial charge is 0.227 e. The molecule has 0 saturated carbocycles. The lowest BCUT2D eigenvalue weighted by atomic mass is 10.0. The van der Waals surface area contributed by atoms with Crippen molar-refractivity contribution in [3.63, 3.8) is 0 Å². The third kappa shape index (κ3) is 4.88. The van der Waals surface area contributed by atoms with Gasteiger partial charge in [0.1, 0.15) is 5.52 Å². The molecule has 0 spiro atoms. The van der Waals surface area contributed by atoms with Crippen LogP contribution in [0.4, 0.5) is 17.1 Å². The first-order valence-electron chi connectivity index (χ1n) is 17.2. The van der Waals surface area contributed by atoms with Crippen LogP contribution in [0.3, 0.4) is 0 Å². The Morgan fingerprint density at radius 3 is 1.88 bits per heavy atom. The monoisotopic (exact) mass is 653 g/mol. The van der Waals surface area contributed by atoms with Gasteiger partial charge in [0.05, 0.1) is 16.7 Å². The van der Waals surface area contributed by atoms with E-state index in [1.54, 1.807) is 0 Å². The molecule has 4 heteroatoms. The van der Waals surface area contributed by atoms with Crippen molar-refractivity contribution in [1.29, 1.82) is 0 Å². The molecule has 0 fully saturated rings. The lowest BCUT2D eigenvalue weighted by Gasteiger charge is -2.27. The minimum atomic E-state index is 0.620. The maximum absolute atomic E-state index is 6.30. The van der Waals surface area contributed by atoms with Crippen molar-refractivity contribution >= 4 is 60.7 Å². The summed E-state index contributed by atoms with van der Waals surface area (Å²) in [6, 6.07) is 66.3. The highest BCUT2D eigenvalue weighted by Gasteiger charge is 2.21. The molecule has 8 aromatic carbocycles. The summed E-state index contributed by atoms with van der Waals surface area (Å²) in [4.78, 5) is 7.41. The van der Waals surface area contributed by atoms with Crippen molar-refractivity contribution in [2.45, 2.75) is 0 Å². The van der Waals surface area contributed by atoms with E-state index in [0.717, 1.165) is 61.3 Å². The van der Waals surface area contributed by atoms with E-state index in [1.165, 1.54) is 21.9 Å². The molecule has 51 heavy (non-hydrogen) atoms. The van der Waals surface area contributed by atoms with E-state index in [4.69, 9.17) is 9.40 Å². The molecule has 0 saturated heterocycles. The van der Waals surface area contributed by atoms with Crippen LogP contribution in [0.2, 0.25) is 0 Å². The number of nitrogens with zero attached hydrogens (tertiary/aromatic N) is 3. The maximum Gasteiger partial charge on any atom is 0.227 e. The van der Waals surface area contributed by atoms with Crippen LogP contribution >= 0.6 is 0 Å². The summed E-state index contributed by atoms with van der Waals surface area (Å²) >= 11 is 0. The van der Waals surface area contributed by atoms with Crippen molar-refractivity contribution in [1.82, 2.24) is 9.55 Å². The number of hydrogen-bond acceptors (Lipinski definition) is 3. The zero-order chi connectivity index (χ0) is 33.7. The van der Waals surface area contributed by atoms with Crippen LogP contribution in [-0.4, -0.2) is 9.55 Å². The van der Waals surface area contributed by atoms with E-state index in [-0.39, 0.29) is 0 Å². The first-order chi connectivity index (χ1) is 25.3. The van der Waals surface area contributed by atoms with Gasteiger partial charge in [-0.25, -0.2) is 4.98 Å². The molecule has 0 aliphatic rings. The van der Waals surface area contributed by atoms with E-state index in [9.17, 15) is 0 Å². The van der Waals surface area contributed by atoms with Crippen LogP contribution in [0.5, 0.6) is 0 Å². The number of benzene rings is 8. The minimum Gasteiger partial charge on any atom is -0.436 e. The number of anilines is 3. The van der Waals surface area contributed by atoms with Gasteiger partial charge in [0.15, 0.2) is 5.58 Å². The summed E-state index contributed by atoms with van der Waals surface area (Å²) in [6.45, 7) is 0. The van der Waals surface area contributed by atoms with Crippen molar-refractivity contribution in [3.8, 4) is 28.3 Å². The molecule has 10 rings (SSSR count). The van der Waals surface area contributed by atoms with Gasteiger partial charge in [-0.15, -0.1) is 0 Å². The molecule has 2 aromatic heterocycles. The van der Waals surface area contributed by atoms with Gasteiger partial charge in [-0.1, -0.05) is 115 Å². The van der Waals surface area contributed by atoms with Crippen LogP contribution in [-0.2, 0) is 0 Å². The molecule has 0 amide bonds. The van der Waals surface area contributed by atoms with Gasteiger partial charge < -0.3 is 13.9 Å². The Morgan fingerprint density at radius 2 is 1.06 bits per heavy atom. The molecule has 0 N–H and O–H groups in total. The topological polar surface area (TPSA) is 34.2 Å². The maximum atomic E-state index is 6.30. The zero-order valence-electron chi connectivity index (χ0n) is 27.6. The Hall–Kier alpha value is -6.91. The Labute approximate surface area is 295 Å². The number of aromatic nitrogens is 2. The average Bonchev–Trinajstić information content (AvgIpc) is 3.79. The second kappa shape index (κ2) is 11.9. The fourth-order valence-corrected chi connectivity index (χ4v) is 7.47. The van der Waals surface area contributed by atoms with E-state index < -0.39 is 0 Å². The number of para-hydroxylation sites is 2. The highest BCUT2D eigenvalue weighted by Crippen LogP contribution is 2.44. The Kier molecular flexibility index (Phi) is 6.78. The molecule has 0 aliphatic heterocycles. The van der Waals surface area contributed by atoms with Crippen LogP contribution in [0.25, 0.3) is 71.9 Å². The highest BCUT2D eigenvalue weighted by atomic mass is 16.3. The second-order valence-corrected chi connectivity index (χ2v) is 12.8. The number of oxazole rings is 1. The van der Waals surface area contributed by atoms with Crippen LogP contribution in [0.1, 0.15) is 0 Å². The second-order valence-electron chi connectivity index (χ2n) is 12.8. The van der Waals surface area contributed by atoms with Crippen LogP contribution < -0.4 is 4.90 Å². The first kappa shape index (κ1) is 29.0. The first-order valence-corrected chi connectivity index (χ1v) is 17.2. The summed E-state index contributed by atoms with van der Waals surface area (Å²) in [6.07, 6.45) is 0. The molecule has 0 radical (unpaired) electrons. The van der Waals surface area contributed by atoms with Gasteiger partial charge in [0.2, 0.25) is 5.89 Å². The molecule has 240 valence electrons. The molecule has 10 aromatic rings. The highest BCUT2D eigenvalue weighted by molar-refractivity contribution is 6.13. The van der Waals surface area contributed by atoms with Gasteiger partial charge in [0.25, 0.3) is 0 Å². The standard InChI is InChI=1S/C47H31N3O/c1-4-14-32(15-5-1)34-18-12-21-36(30-34)49(37-26-27-39-38-22-10-11-24-43(38)50(44(39)31-37)35-19-8-3-9-20-35)42-25-13-23-41-40(42)28-29-45-46(41)48-47(51-45)33-16-6-2-7-17-33/h1-31H. The van der Waals surface area contributed by atoms with Crippen molar-refractivity contribution in [3.05, 3.63) is 188 Å². The summed E-state index contributed by atoms with van der Waals surface area (Å²) in [5.74, 6) is 0.620. The number of fused-ring (bicyclic) bond motifs is 6. The lowest BCUT2D eigenvalue weighted by Crippen LogP contribution is -2.11. The third-order valence-corrected chi connectivity index (χ3v) is 9.80. The molecule has 0 aliphatic carbocycles. The molecule has 4 nitrogen and oxygen atoms in total. The van der Waals surface area contributed by atoms with Crippen molar-refractivity contribution < 1.29 is 4.42 Å². The normalized spacial score (nSPS) is 11.5. The SMILES string of the molecule is c1ccc(-c2cccc(N(c3ccc4c5ccccc5n(-c5ccccc5)c4c3)c3cccc4c3ccc3oc(-c5ccccc5)nc34)c2)cc1. The largest absolute Gasteiger partial charge is 0.436 e. The summed E-state index contributed by atoms with van der Waals surface area (Å²) < 4.78 is 8.68. The lowest BCUT2D eigenvalue weighted by molar-refractivity contribution is 0.620. The third-order valence-electron chi connectivity index (χ3n) is 9.80. The van der Waals surface area contributed by atoms with Gasteiger partial charge >= 0.3 is 0 Å². The van der Waals surface area contributed by atoms with Gasteiger partial charge in [0, 0.05) is 44.2 Å². The fraction of sp³-hybridized carbons (Fsp3) is 0. The van der Waals surface area contributed by atoms with Crippen LogP contribution in [0, 0.1) is 0 Å². The summed E-state index contributed by atoms with van der Waals surface area (Å²) in [7, 11) is 0. The number of hydrogen-bond donors (Lipinski definition) is 0. The molecule has 2 heterocycles. The summed E-state index contributed by atoms with van der Waals surface area (Å²) in [5.41, 5.74) is 11.6. The minimum absolute atomic E-state index is 0.620. The molecule has 0 unspecified atom stereocenters. The predicted octanol–water partition coefficient (Wildman–Crippen LogP) is 12.9. The Balaban J connectivity index is 1.23. The molecular weight excluding hydrogens is 623 g/mol. The van der Waals surface area contributed by atoms with E-state index in [1.807, 2.05) is 30.3 Å². The fourth-order valence-electron chi connectivity index (χ4n) is 7.47. The van der Waals surface area contributed by atoms with E-state index in [0.29, 0.717) is 5.89 Å². The van der Waals surface area contributed by atoms with Crippen molar-refractivity contribution in [2.75, 3.05) is 4.90 Å². The van der Waals surface area contributed by atoms with E-state index in [2.05, 4.69) is 167 Å². The Morgan fingerprint density at radius 1 is 0.431 bits per heavy atom. The quantitative estimate of drug-likeness (QED) is 0.179. The average molecular weight is 654 g/mol. The molecule has 0 bridgehead atoms. The molecular formula is C47H31N3O.